The van der Waals surface area contributed by atoms with Crippen LogP contribution in [0.15, 0.2) is 65.6 Å². The number of carbonyl (C=O) groups excluding carboxylic acids is 3. The van der Waals surface area contributed by atoms with Gasteiger partial charge < -0.3 is 34.9 Å². The molecule has 14 heteroatoms. The van der Waals surface area contributed by atoms with Crippen LogP contribution >= 0.6 is 0 Å². The van der Waals surface area contributed by atoms with Gasteiger partial charge in [0, 0.05) is 49.4 Å². The number of aldehydes is 1. The van der Waals surface area contributed by atoms with Crippen LogP contribution in [0, 0.1) is 6.92 Å². The van der Waals surface area contributed by atoms with E-state index >= 15 is 0 Å². The van der Waals surface area contributed by atoms with E-state index in [0.29, 0.717) is 44.4 Å². The minimum absolute atomic E-state index is 0.0218. The van der Waals surface area contributed by atoms with Crippen molar-refractivity contribution in [3.63, 3.8) is 0 Å². The van der Waals surface area contributed by atoms with Crippen LogP contribution < -0.4 is 16.0 Å². The number of aromatic nitrogens is 5. The van der Waals surface area contributed by atoms with Crippen molar-refractivity contribution in [1.29, 1.82) is 0 Å². The van der Waals surface area contributed by atoms with Crippen LogP contribution in [0.2, 0.25) is 0 Å². The Balaban J connectivity index is 0.958. The largest absolute Gasteiger partial charge is 0.375 e. The van der Waals surface area contributed by atoms with E-state index in [1.54, 1.807) is 13.4 Å². The highest BCUT2D eigenvalue weighted by atomic mass is 16.5. The van der Waals surface area contributed by atoms with Gasteiger partial charge in [0.25, 0.3) is 11.7 Å². The number of anilines is 1. The van der Waals surface area contributed by atoms with Crippen molar-refractivity contribution in [2.24, 2.45) is 0 Å². The Hall–Kier alpha value is -5.47. The first-order valence-electron chi connectivity index (χ1n) is 18.9. The first kappa shape index (κ1) is 39.2. The van der Waals surface area contributed by atoms with E-state index in [9.17, 15) is 14.4 Å². The monoisotopic (exact) mass is 749 g/mol. The number of carbonyl (C=O) groups is 3. The zero-order valence-corrected chi connectivity index (χ0v) is 32.3. The number of nitrogens with zero attached hydrogens (tertiary/aromatic N) is 6. The lowest BCUT2D eigenvalue weighted by Gasteiger charge is -2.32. The molecule has 0 bridgehead atoms. The Morgan fingerprint density at radius 2 is 1.87 bits per heavy atom. The van der Waals surface area contributed by atoms with Crippen molar-refractivity contribution in [2.75, 3.05) is 38.6 Å². The standard InChI is InChI=1S/C41H51N9O5/c1-27-21-31(8-9-32(27)23-43-39(53)37-47-40(55-48-37)41(2,3)4)36-35-22-28(24-50(35)45-26-44-36)25-54-20-18-49-16-14-30(15-17-49)29-10-12-33(13-11-29)46-34(7-6-19-51)38(52)42-5/h8-13,19,21-22,24,26,30,34,46H,6-7,14-18,20,23,25H2,1-5H3,(H,42,52)(H,43,53). The van der Waals surface area contributed by atoms with Crippen LogP contribution in [-0.2, 0) is 32.9 Å². The van der Waals surface area contributed by atoms with Gasteiger partial charge >= 0.3 is 0 Å². The van der Waals surface area contributed by atoms with Crippen LogP contribution in [0.25, 0.3) is 16.8 Å². The SMILES string of the molecule is CNC(=O)C(CCC=O)Nc1ccc(C2CCN(CCOCc3cc4c(-c5ccc(CNC(=O)c6noc(C(C)(C)C)n6)c(C)c5)ncnn4c3)CC2)cc1. The molecule has 0 saturated carbocycles. The summed E-state index contributed by atoms with van der Waals surface area (Å²) in [7, 11) is 1.61. The third-order valence-electron chi connectivity index (χ3n) is 10.1. The minimum Gasteiger partial charge on any atom is -0.375 e. The Labute approximate surface area is 321 Å². The molecular weight excluding hydrogens is 699 g/mol. The van der Waals surface area contributed by atoms with Crippen LogP contribution in [0.4, 0.5) is 5.69 Å². The number of piperidine rings is 1. The molecule has 6 rings (SSSR count). The molecule has 3 aromatic heterocycles. The summed E-state index contributed by atoms with van der Waals surface area (Å²) in [5, 5.41) is 17.1. The normalized spacial score (nSPS) is 14.5. The zero-order chi connectivity index (χ0) is 39.0. The Morgan fingerprint density at radius 1 is 1.09 bits per heavy atom. The topological polar surface area (TPSA) is 169 Å². The highest BCUT2D eigenvalue weighted by Gasteiger charge is 2.25. The average molecular weight is 750 g/mol. The quantitative estimate of drug-likeness (QED) is 0.0894. The van der Waals surface area contributed by atoms with Crippen LogP contribution in [0.3, 0.4) is 0 Å². The van der Waals surface area contributed by atoms with Gasteiger partial charge in [-0.15, -0.1) is 0 Å². The number of fused-ring (bicyclic) bond motifs is 1. The molecule has 1 fully saturated rings. The van der Waals surface area contributed by atoms with E-state index in [1.165, 1.54) is 5.56 Å². The zero-order valence-electron chi connectivity index (χ0n) is 32.3. The molecule has 1 saturated heterocycles. The van der Waals surface area contributed by atoms with Gasteiger partial charge in [-0.25, -0.2) is 9.50 Å². The molecular formula is C41H51N9O5. The Bertz CT molecular complexity index is 2080. The first-order valence-corrected chi connectivity index (χ1v) is 18.9. The number of hydrogen-bond donors (Lipinski definition) is 3. The molecule has 290 valence electrons. The maximum absolute atomic E-state index is 12.7. The lowest BCUT2D eigenvalue weighted by atomic mass is 9.89. The predicted molar refractivity (Wildman–Crippen MR) is 209 cm³/mol. The third kappa shape index (κ3) is 9.99. The van der Waals surface area contributed by atoms with Gasteiger partial charge in [-0.05, 0) is 91.7 Å². The molecule has 4 heterocycles. The summed E-state index contributed by atoms with van der Waals surface area (Å²) in [5.41, 5.74) is 7.52. The van der Waals surface area contributed by atoms with E-state index in [1.807, 2.05) is 62.7 Å². The fourth-order valence-electron chi connectivity index (χ4n) is 6.81. The second-order valence-electron chi connectivity index (χ2n) is 15.1. The van der Waals surface area contributed by atoms with Crippen molar-refractivity contribution in [3.8, 4) is 11.3 Å². The molecule has 14 nitrogen and oxygen atoms in total. The minimum atomic E-state index is -0.439. The second kappa shape index (κ2) is 17.8. The van der Waals surface area contributed by atoms with Gasteiger partial charge in [-0.3, -0.25) is 9.59 Å². The maximum Gasteiger partial charge on any atom is 0.292 e. The van der Waals surface area contributed by atoms with E-state index in [4.69, 9.17) is 9.26 Å². The Morgan fingerprint density at radius 3 is 2.56 bits per heavy atom. The first-order chi connectivity index (χ1) is 26.5. The molecule has 55 heavy (non-hydrogen) atoms. The van der Waals surface area contributed by atoms with Gasteiger partial charge in [0.15, 0.2) is 0 Å². The van der Waals surface area contributed by atoms with Gasteiger partial charge in [0.05, 0.1) is 24.4 Å². The summed E-state index contributed by atoms with van der Waals surface area (Å²) >= 11 is 0. The van der Waals surface area contributed by atoms with Gasteiger partial charge in [-0.1, -0.05) is 50.2 Å². The fourth-order valence-corrected chi connectivity index (χ4v) is 6.81. The average Bonchev–Trinajstić information content (AvgIpc) is 3.86. The van der Waals surface area contributed by atoms with E-state index in [2.05, 4.69) is 65.3 Å². The smallest absolute Gasteiger partial charge is 0.292 e. The maximum atomic E-state index is 12.7. The summed E-state index contributed by atoms with van der Waals surface area (Å²) in [4.78, 5) is 47.0. The molecule has 1 atom stereocenters. The predicted octanol–water partition coefficient (Wildman–Crippen LogP) is 5.22. The summed E-state index contributed by atoms with van der Waals surface area (Å²) in [5.74, 6) is 0.421. The molecule has 0 aliphatic carbocycles. The van der Waals surface area contributed by atoms with Crippen molar-refractivity contribution < 1.29 is 23.6 Å². The van der Waals surface area contributed by atoms with Crippen molar-refractivity contribution >= 4 is 29.3 Å². The lowest BCUT2D eigenvalue weighted by Crippen LogP contribution is -2.37. The number of hydrogen-bond acceptors (Lipinski definition) is 11. The van der Waals surface area contributed by atoms with E-state index < -0.39 is 6.04 Å². The molecule has 2 amide bonds. The number of ether oxygens (including phenoxy) is 1. The second-order valence-corrected chi connectivity index (χ2v) is 15.1. The number of likely N-dealkylation sites (N-methyl/N-ethyl adjacent to an activating group) is 1. The lowest BCUT2D eigenvalue weighted by molar-refractivity contribution is -0.121. The summed E-state index contributed by atoms with van der Waals surface area (Å²) in [6.07, 6.45) is 7.32. The molecule has 1 aliphatic rings. The van der Waals surface area contributed by atoms with Crippen LogP contribution in [0.1, 0.15) is 91.1 Å². The molecule has 1 aliphatic heterocycles. The third-order valence-corrected chi connectivity index (χ3v) is 10.1. The van der Waals surface area contributed by atoms with Crippen LogP contribution in [0.5, 0.6) is 0 Å². The number of aryl methyl sites for hydroxylation is 1. The summed E-state index contributed by atoms with van der Waals surface area (Å²) in [6, 6.07) is 16.0. The number of rotatable bonds is 16. The van der Waals surface area contributed by atoms with Gasteiger partial charge in [-0.2, -0.15) is 10.1 Å². The van der Waals surface area contributed by atoms with Crippen molar-refractivity contribution in [1.82, 2.24) is 40.3 Å². The molecule has 2 aromatic carbocycles. The van der Waals surface area contributed by atoms with E-state index in [-0.39, 0.29) is 23.1 Å². The highest BCUT2D eigenvalue weighted by molar-refractivity contribution is 5.90. The summed E-state index contributed by atoms with van der Waals surface area (Å²) in [6.45, 7) is 12.2. The Kier molecular flexibility index (Phi) is 12.7. The highest BCUT2D eigenvalue weighted by Crippen LogP contribution is 2.30. The number of amides is 2. The van der Waals surface area contributed by atoms with Gasteiger partial charge in [0.2, 0.25) is 11.8 Å². The number of likely N-dealkylation sites (tertiary alicyclic amines) is 1. The molecule has 0 spiro atoms. The van der Waals surface area contributed by atoms with Gasteiger partial charge in [0.1, 0.15) is 18.7 Å². The molecule has 0 radical (unpaired) electrons. The molecule has 3 N–H and O–H groups in total. The number of benzene rings is 2. The van der Waals surface area contributed by atoms with Crippen molar-refractivity contribution in [2.45, 2.75) is 83.9 Å². The van der Waals surface area contributed by atoms with E-state index in [0.717, 1.165) is 77.9 Å². The molecule has 1 unspecified atom stereocenters. The van der Waals surface area contributed by atoms with Crippen LogP contribution in [-0.4, -0.2) is 87.1 Å². The number of nitrogens with one attached hydrogen (secondary N) is 3. The fraction of sp³-hybridized carbons (Fsp3) is 0.439. The molecule has 5 aromatic rings. The van der Waals surface area contributed by atoms with Crippen molar-refractivity contribution in [3.05, 3.63) is 95.0 Å². The summed E-state index contributed by atoms with van der Waals surface area (Å²) < 4.78 is 13.2.